The van der Waals surface area contributed by atoms with E-state index in [0.29, 0.717) is 36.8 Å². The summed E-state index contributed by atoms with van der Waals surface area (Å²) >= 11 is 6.14. The predicted octanol–water partition coefficient (Wildman–Crippen LogP) is 1.23. The molecule has 5 nitrogen and oxygen atoms in total. The zero-order chi connectivity index (χ0) is 14.0. The molecule has 0 N–H and O–H groups in total. The maximum Gasteiger partial charge on any atom is 0.211 e. The number of nitrogens with zero attached hydrogens (tertiary/aromatic N) is 2. The van der Waals surface area contributed by atoms with E-state index in [-0.39, 0.29) is 0 Å². The number of sulfonamides is 1. The third kappa shape index (κ3) is 3.26. The van der Waals surface area contributed by atoms with Crippen LogP contribution in [0.5, 0.6) is 0 Å². The number of hydrogen-bond donors (Lipinski definition) is 0. The molecule has 0 amide bonds. The van der Waals surface area contributed by atoms with Crippen molar-refractivity contribution in [3.63, 3.8) is 0 Å². The van der Waals surface area contributed by atoms with Gasteiger partial charge in [0.05, 0.1) is 17.0 Å². The Balaban J connectivity index is 2.12. The summed E-state index contributed by atoms with van der Waals surface area (Å²) in [5.41, 5.74) is 1.36. The fourth-order valence-corrected chi connectivity index (χ4v) is 3.25. The largest absolute Gasteiger partial charge is 0.368 e. The number of carbonyl (C=O) groups excluding carboxylic acids is 1. The van der Waals surface area contributed by atoms with Crippen LogP contribution in [-0.2, 0) is 10.0 Å². The summed E-state index contributed by atoms with van der Waals surface area (Å²) in [7, 11) is -3.12. The van der Waals surface area contributed by atoms with Crippen LogP contribution in [0.15, 0.2) is 18.2 Å². The van der Waals surface area contributed by atoms with Gasteiger partial charge in [-0.05, 0) is 18.2 Å². The fraction of sp³-hybridized carbons (Fsp3) is 0.417. The van der Waals surface area contributed by atoms with Crippen LogP contribution in [0.1, 0.15) is 10.4 Å². The van der Waals surface area contributed by atoms with Gasteiger partial charge in [-0.25, -0.2) is 8.42 Å². The van der Waals surface area contributed by atoms with Crippen LogP contribution >= 0.6 is 11.6 Å². The van der Waals surface area contributed by atoms with Gasteiger partial charge < -0.3 is 4.90 Å². The average molecular weight is 303 g/mol. The molecule has 0 bridgehead atoms. The molecule has 1 aliphatic heterocycles. The number of halogens is 1. The molecular formula is C12H15ClN2O3S. The molecule has 1 saturated heterocycles. The lowest BCUT2D eigenvalue weighted by Gasteiger charge is -2.35. The van der Waals surface area contributed by atoms with Crippen molar-refractivity contribution in [1.29, 1.82) is 0 Å². The Morgan fingerprint density at radius 3 is 2.32 bits per heavy atom. The van der Waals surface area contributed by atoms with E-state index in [9.17, 15) is 13.2 Å². The van der Waals surface area contributed by atoms with Gasteiger partial charge in [-0.15, -0.1) is 0 Å². The zero-order valence-corrected chi connectivity index (χ0v) is 12.1. The van der Waals surface area contributed by atoms with Crippen molar-refractivity contribution in [3.05, 3.63) is 28.8 Å². The first-order chi connectivity index (χ1) is 8.91. The number of hydrogen-bond acceptors (Lipinski definition) is 4. The summed E-state index contributed by atoms with van der Waals surface area (Å²) in [6.45, 7) is 2.08. The van der Waals surface area contributed by atoms with Gasteiger partial charge in [-0.1, -0.05) is 11.6 Å². The third-order valence-electron chi connectivity index (χ3n) is 3.16. The molecule has 1 aromatic rings. The third-order valence-corrected chi connectivity index (χ3v) is 4.76. The van der Waals surface area contributed by atoms with Crippen LogP contribution < -0.4 is 4.90 Å². The molecule has 1 fully saturated rings. The number of benzene rings is 1. The smallest absolute Gasteiger partial charge is 0.211 e. The highest BCUT2D eigenvalue weighted by molar-refractivity contribution is 7.88. The molecule has 0 saturated carbocycles. The lowest BCUT2D eigenvalue weighted by atomic mass is 10.2. The second-order valence-corrected chi connectivity index (χ2v) is 6.87. The summed E-state index contributed by atoms with van der Waals surface area (Å²) in [6, 6.07) is 5.12. The Kier molecular flexibility index (Phi) is 4.13. The van der Waals surface area contributed by atoms with E-state index in [1.165, 1.54) is 10.6 Å². The van der Waals surface area contributed by atoms with Gasteiger partial charge in [0.25, 0.3) is 0 Å². The summed E-state index contributed by atoms with van der Waals surface area (Å²) in [6.07, 6.45) is 1.96. The van der Waals surface area contributed by atoms with E-state index in [1.807, 2.05) is 4.90 Å². The van der Waals surface area contributed by atoms with Crippen molar-refractivity contribution in [2.45, 2.75) is 0 Å². The second kappa shape index (κ2) is 5.48. The maximum atomic E-state index is 11.4. The van der Waals surface area contributed by atoms with Crippen molar-refractivity contribution >= 4 is 33.6 Å². The minimum absolute atomic E-state index is 0.449. The first-order valence-corrected chi connectivity index (χ1v) is 8.09. The number of anilines is 1. The highest BCUT2D eigenvalue weighted by Crippen LogP contribution is 2.27. The Morgan fingerprint density at radius 1 is 1.21 bits per heavy atom. The highest BCUT2D eigenvalue weighted by Gasteiger charge is 2.24. The quantitative estimate of drug-likeness (QED) is 0.788. The topological polar surface area (TPSA) is 57.7 Å². The fourth-order valence-electron chi connectivity index (χ4n) is 2.11. The van der Waals surface area contributed by atoms with E-state index in [1.54, 1.807) is 18.2 Å². The first-order valence-electron chi connectivity index (χ1n) is 5.86. The van der Waals surface area contributed by atoms with Gasteiger partial charge >= 0.3 is 0 Å². The lowest BCUT2D eigenvalue weighted by molar-refractivity contribution is 0.112. The van der Waals surface area contributed by atoms with Gasteiger partial charge in [0.1, 0.15) is 6.29 Å². The molecule has 0 atom stereocenters. The van der Waals surface area contributed by atoms with Crippen LogP contribution in [0, 0.1) is 0 Å². The number of piperazine rings is 1. The van der Waals surface area contributed by atoms with Crippen LogP contribution in [0.25, 0.3) is 0 Å². The highest BCUT2D eigenvalue weighted by atomic mass is 35.5. The van der Waals surface area contributed by atoms with Gasteiger partial charge in [0, 0.05) is 31.7 Å². The molecule has 1 aliphatic rings. The molecule has 0 aromatic heterocycles. The van der Waals surface area contributed by atoms with Crippen molar-refractivity contribution in [1.82, 2.24) is 4.31 Å². The van der Waals surface area contributed by atoms with Crippen LogP contribution in [0.3, 0.4) is 0 Å². The Labute approximate surface area is 117 Å². The Bertz CT molecular complexity index is 581. The summed E-state index contributed by atoms with van der Waals surface area (Å²) in [5, 5.41) is 0.511. The molecule has 1 aromatic carbocycles. The van der Waals surface area contributed by atoms with Crippen LogP contribution in [0.4, 0.5) is 5.69 Å². The van der Waals surface area contributed by atoms with Crippen molar-refractivity contribution in [2.75, 3.05) is 37.3 Å². The molecule has 7 heteroatoms. The average Bonchev–Trinajstić information content (AvgIpc) is 2.37. The molecule has 0 aliphatic carbocycles. The van der Waals surface area contributed by atoms with Gasteiger partial charge in [-0.2, -0.15) is 4.31 Å². The Hall–Kier alpha value is -1.11. The maximum absolute atomic E-state index is 11.4. The van der Waals surface area contributed by atoms with Crippen LogP contribution in [0.2, 0.25) is 5.02 Å². The molecule has 0 spiro atoms. The van der Waals surface area contributed by atoms with Crippen molar-refractivity contribution in [2.24, 2.45) is 0 Å². The standard InChI is InChI=1S/C12H15ClN2O3S/c1-19(17,18)15-6-4-14(5-7-15)12-3-2-10(9-16)8-11(12)13/h2-3,8-9H,4-7H2,1H3. The summed E-state index contributed by atoms with van der Waals surface area (Å²) in [5.74, 6) is 0. The minimum Gasteiger partial charge on any atom is -0.368 e. The molecule has 0 unspecified atom stereocenters. The second-order valence-electron chi connectivity index (χ2n) is 4.48. The zero-order valence-electron chi connectivity index (χ0n) is 10.5. The molecular weight excluding hydrogens is 288 g/mol. The minimum atomic E-state index is -3.12. The number of aldehydes is 1. The van der Waals surface area contributed by atoms with E-state index >= 15 is 0 Å². The molecule has 104 valence electrons. The number of carbonyl (C=O) groups is 1. The summed E-state index contributed by atoms with van der Waals surface area (Å²) in [4.78, 5) is 12.7. The van der Waals surface area contributed by atoms with E-state index in [2.05, 4.69) is 0 Å². The first kappa shape index (κ1) is 14.3. The molecule has 2 rings (SSSR count). The summed E-state index contributed by atoms with van der Waals surface area (Å²) < 4.78 is 24.3. The normalized spacial score (nSPS) is 17.5. The monoisotopic (exact) mass is 302 g/mol. The number of rotatable bonds is 3. The van der Waals surface area contributed by atoms with Gasteiger partial charge in [0.15, 0.2) is 0 Å². The predicted molar refractivity (Wildman–Crippen MR) is 75.5 cm³/mol. The SMILES string of the molecule is CS(=O)(=O)N1CCN(c2ccc(C=O)cc2Cl)CC1. The molecule has 0 radical (unpaired) electrons. The molecule has 1 heterocycles. The molecule has 19 heavy (non-hydrogen) atoms. The lowest BCUT2D eigenvalue weighted by Crippen LogP contribution is -2.48. The van der Waals surface area contributed by atoms with E-state index in [4.69, 9.17) is 11.6 Å². The van der Waals surface area contributed by atoms with Crippen molar-refractivity contribution in [3.8, 4) is 0 Å². The Morgan fingerprint density at radius 2 is 1.84 bits per heavy atom. The van der Waals surface area contributed by atoms with Crippen molar-refractivity contribution < 1.29 is 13.2 Å². The van der Waals surface area contributed by atoms with Crippen LogP contribution in [-0.4, -0.2) is 51.4 Å². The van der Waals surface area contributed by atoms with Gasteiger partial charge in [0.2, 0.25) is 10.0 Å². The van der Waals surface area contributed by atoms with E-state index in [0.717, 1.165) is 12.0 Å². The van der Waals surface area contributed by atoms with E-state index < -0.39 is 10.0 Å². The van der Waals surface area contributed by atoms with Gasteiger partial charge in [-0.3, -0.25) is 4.79 Å².